The van der Waals surface area contributed by atoms with Crippen LogP contribution in [-0.4, -0.2) is 0 Å². The molecule has 0 radical (unpaired) electrons. The number of hydrogen-bond donors (Lipinski definition) is 0. The Morgan fingerprint density at radius 2 is 0.923 bits per heavy atom. The maximum absolute atomic E-state index is 3.59. The summed E-state index contributed by atoms with van der Waals surface area (Å²) in [5.41, 5.74) is 6.29. The molecule has 0 N–H and O–H groups in total. The molecule has 126 valence electrons. The Hall–Kier alpha value is -2.26. The van der Waals surface area contributed by atoms with Gasteiger partial charge in [-0.05, 0) is 82.1 Å². The van der Waals surface area contributed by atoms with E-state index in [0.717, 1.165) is 31.2 Å². The van der Waals surface area contributed by atoms with Gasteiger partial charge in [-0.1, -0.05) is 59.1 Å². The van der Waals surface area contributed by atoms with E-state index in [1.54, 1.807) is 0 Å². The third kappa shape index (κ3) is 4.89. The fourth-order valence-corrected chi connectivity index (χ4v) is 3.49. The molecule has 0 amide bonds. The van der Waals surface area contributed by atoms with Crippen LogP contribution in [0.5, 0.6) is 0 Å². The third-order valence-corrected chi connectivity index (χ3v) is 5.16. The van der Waals surface area contributed by atoms with Crippen molar-refractivity contribution >= 4 is 31.9 Å². The van der Waals surface area contributed by atoms with E-state index in [-0.39, 0.29) is 0 Å². The van der Waals surface area contributed by atoms with Gasteiger partial charge in [0.2, 0.25) is 0 Å². The maximum atomic E-state index is 3.59. The highest BCUT2D eigenvalue weighted by Gasteiger charge is 2.03. The van der Waals surface area contributed by atoms with Crippen LogP contribution in [0.3, 0.4) is 0 Å². The highest BCUT2D eigenvalue weighted by molar-refractivity contribution is 9.11. The van der Waals surface area contributed by atoms with E-state index in [1.165, 1.54) is 11.1 Å². The molecule has 0 saturated heterocycles. The molecule has 0 aromatic heterocycles. The minimum Gasteiger partial charge on any atom is -0.0616 e. The molecule has 26 heavy (non-hydrogen) atoms. The number of aryl methyl sites for hydroxylation is 2. The van der Waals surface area contributed by atoms with Crippen molar-refractivity contribution in [3.05, 3.63) is 103 Å². The molecule has 0 aliphatic carbocycles. The average molecular weight is 464 g/mol. The topological polar surface area (TPSA) is 0 Å². The normalized spacial score (nSPS) is 9.69. The molecule has 3 aromatic carbocycles. The van der Waals surface area contributed by atoms with Gasteiger partial charge < -0.3 is 0 Å². The van der Waals surface area contributed by atoms with Crippen molar-refractivity contribution in [1.82, 2.24) is 0 Å². The largest absolute Gasteiger partial charge is 0.0616 e. The van der Waals surface area contributed by atoms with Gasteiger partial charge in [0.1, 0.15) is 0 Å². The Morgan fingerprint density at radius 3 is 1.31 bits per heavy atom. The molecule has 0 aliphatic rings. The second kappa shape index (κ2) is 8.41. The molecule has 3 aromatic rings. The Labute approximate surface area is 171 Å². The van der Waals surface area contributed by atoms with Gasteiger partial charge in [0.05, 0.1) is 0 Å². The summed E-state index contributed by atoms with van der Waals surface area (Å²) in [6.45, 7) is 4.14. The first-order valence-corrected chi connectivity index (χ1v) is 9.76. The highest BCUT2D eigenvalue weighted by atomic mass is 79.9. The van der Waals surface area contributed by atoms with Gasteiger partial charge >= 0.3 is 0 Å². The van der Waals surface area contributed by atoms with Crippen molar-refractivity contribution < 1.29 is 0 Å². The van der Waals surface area contributed by atoms with Crippen LogP contribution in [0.25, 0.3) is 0 Å². The van der Waals surface area contributed by atoms with Gasteiger partial charge in [-0.2, -0.15) is 0 Å². The van der Waals surface area contributed by atoms with Crippen LogP contribution in [0.15, 0.2) is 69.6 Å². The number of halogens is 2. The van der Waals surface area contributed by atoms with Crippen LogP contribution < -0.4 is 0 Å². The molecule has 0 nitrogen and oxygen atoms in total. The summed E-state index contributed by atoms with van der Waals surface area (Å²) in [6, 6.07) is 20.4. The zero-order valence-corrected chi connectivity index (χ0v) is 17.7. The van der Waals surface area contributed by atoms with Crippen LogP contribution in [0.1, 0.15) is 33.4 Å². The van der Waals surface area contributed by atoms with Crippen LogP contribution in [0.2, 0.25) is 0 Å². The summed E-state index contributed by atoms with van der Waals surface area (Å²) in [6.07, 6.45) is 0. The SMILES string of the molecule is Cc1ccc(C#Cc2cc(C#Cc3ccc(C)cc3)c(Br)cc2Br)cc1. The van der Waals surface area contributed by atoms with Crippen LogP contribution in [0.4, 0.5) is 0 Å². The van der Waals surface area contributed by atoms with Gasteiger partial charge in [-0.15, -0.1) is 0 Å². The van der Waals surface area contributed by atoms with Crippen LogP contribution in [0, 0.1) is 37.5 Å². The fraction of sp³-hybridized carbons (Fsp3) is 0.0833. The van der Waals surface area contributed by atoms with E-state index in [9.17, 15) is 0 Å². The van der Waals surface area contributed by atoms with E-state index in [4.69, 9.17) is 0 Å². The molecule has 0 bridgehead atoms. The van der Waals surface area contributed by atoms with Gasteiger partial charge in [-0.25, -0.2) is 0 Å². The van der Waals surface area contributed by atoms with Gasteiger partial charge in [0.15, 0.2) is 0 Å². The van der Waals surface area contributed by atoms with Crippen molar-refractivity contribution in [2.45, 2.75) is 13.8 Å². The van der Waals surface area contributed by atoms with Crippen molar-refractivity contribution in [2.75, 3.05) is 0 Å². The minimum atomic E-state index is 0.919. The Kier molecular flexibility index (Phi) is 6.00. The number of rotatable bonds is 0. The fourth-order valence-electron chi connectivity index (χ4n) is 2.29. The van der Waals surface area contributed by atoms with Crippen molar-refractivity contribution in [3.63, 3.8) is 0 Å². The molecule has 3 rings (SSSR count). The molecule has 0 saturated carbocycles. The molecule has 0 heterocycles. The zero-order valence-electron chi connectivity index (χ0n) is 14.5. The minimum absolute atomic E-state index is 0.919. The van der Waals surface area contributed by atoms with Gasteiger partial charge in [0, 0.05) is 31.2 Å². The summed E-state index contributed by atoms with van der Waals surface area (Å²) in [7, 11) is 0. The van der Waals surface area contributed by atoms with Gasteiger partial charge in [-0.3, -0.25) is 0 Å². The predicted molar refractivity (Wildman–Crippen MR) is 116 cm³/mol. The van der Waals surface area contributed by atoms with E-state index in [1.807, 2.05) is 36.4 Å². The van der Waals surface area contributed by atoms with Crippen molar-refractivity contribution in [1.29, 1.82) is 0 Å². The lowest BCUT2D eigenvalue weighted by Gasteiger charge is -2.01. The smallest absolute Gasteiger partial charge is 0.0404 e. The van der Waals surface area contributed by atoms with Crippen LogP contribution in [-0.2, 0) is 0 Å². The monoisotopic (exact) mass is 462 g/mol. The van der Waals surface area contributed by atoms with Gasteiger partial charge in [0.25, 0.3) is 0 Å². The predicted octanol–water partition coefficient (Wildman–Crippen LogP) is 6.63. The molecule has 0 aliphatic heterocycles. The Balaban J connectivity index is 1.93. The molecule has 0 atom stereocenters. The second-order valence-electron chi connectivity index (χ2n) is 6.04. The Morgan fingerprint density at radius 1 is 0.538 bits per heavy atom. The zero-order chi connectivity index (χ0) is 18.5. The molecule has 0 unspecified atom stereocenters. The third-order valence-electron chi connectivity index (χ3n) is 3.84. The summed E-state index contributed by atoms with van der Waals surface area (Å²) in [4.78, 5) is 0. The lowest BCUT2D eigenvalue weighted by atomic mass is 10.1. The molecular weight excluding hydrogens is 448 g/mol. The van der Waals surface area contributed by atoms with E-state index >= 15 is 0 Å². The van der Waals surface area contributed by atoms with E-state index in [0.29, 0.717) is 0 Å². The summed E-state index contributed by atoms with van der Waals surface area (Å²) < 4.78 is 1.90. The first kappa shape index (κ1) is 18.5. The van der Waals surface area contributed by atoms with Crippen molar-refractivity contribution in [3.8, 4) is 23.7 Å². The van der Waals surface area contributed by atoms with Crippen LogP contribution >= 0.6 is 31.9 Å². The lowest BCUT2D eigenvalue weighted by molar-refractivity contribution is 1.46. The number of hydrogen-bond acceptors (Lipinski definition) is 0. The lowest BCUT2D eigenvalue weighted by Crippen LogP contribution is -1.85. The second-order valence-corrected chi connectivity index (χ2v) is 7.75. The molecule has 0 fully saturated rings. The van der Waals surface area contributed by atoms with E-state index in [2.05, 4.69) is 93.7 Å². The first-order chi connectivity index (χ1) is 12.5. The summed E-state index contributed by atoms with van der Waals surface area (Å²) in [5, 5.41) is 0. The summed E-state index contributed by atoms with van der Waals surface area (Å²) >= 11 is 7.18. The van der Waals surface area contributed by atoms with Crippen molar-refractivity contribution in [2.24, 2.45) is 0 Å². The maximum Gasteiger partial charge on any atom is 0.0404 e. The average Bonchev–Trinajstić information content (AvgIpc) is 2.63. The summed E-state index contributed by atoms with van der Waals surface area (Å²) in [5.74, 6) is 12.9. The highest BCUT2D eigenvalue weighted by Crippen LogP contribution is 2.25. The standard InChI is InChI=1S/C24H16Br2/c1-17-3-7-19(8-4-17)11-13-21-15-22(24(26)16-23(21)25)14-12-20-9-5-18(2)6-10-20/h3-10,15-16H,1-2H3. The first-order valence-electron chi connectivity index (χ1n) is 8.18. The quantitative estimate of drug-likeness (QED) is 0.328. The number of benzene rings is 3. The Bertz CT molecular complexity index is 967. The molecular formula is C24H16Br2. The molecule has 2 heteroatoms. The van der Waals surface area contributed by atoms with E-state index < -0.39 is 0 Å². The molecule has 0 spiro atoms.